The van der Waals surface area contributed by atoms with Crippen LogP contribution in [0.4, 0.5) is 5.82 Å². The number of anilines is 1. The molecule has 0 bridgehead atoms. The molecule has 0 atom stereocenters. The van der Waals surface area contributed by atoms with E-state index in [1.807, 2.05) is 18.2 Å². The molecule has 0 aliphatic heterocycles. The molecule has 0 spiro atoms. The maximum Gasteiger partial charge on any atom is 0.134 e. The lowest BCUT2D eigenvalue weighted by Gasteiger charge is -2.32. The third-order valence-electron chi connectivity index (χ3n) is 5.04. The Labute approximate surface area is 172 Å². The van der Waals surface area contributed by atoms with Crippen LogP contribution < -0.4 is 10.6 Å². The third kappa shape index (κ3) is 4.61. The Morgan fingerprint density at radius 3 is 2.42 bits per heavy atom. The van der Waals surface area contributed by atoms with E-state index in [-0.39, 0.29) is 24.8 Å². The highest BCUT2D eigenvalue weighted by molar-refractivity contribution is 6.31. The van der Waals surface area contributed by atoms with E-state index in [2.05, 4.69) is 24.1 Å². The van der Waals surface area contributed by atoms with E-state index in [1.165, 1.54) is 12.8 Å². The molecular formula is C19H25Cl3N4. The largest absolute Gasteiger partial charge is 0.355 e. The Morgan fingerprint density at radius 1 is 1.12 bits per heavy atom. The molecule has 2 aromatic rings. The van der Waals surface area contributed by atoms with Crippen molar-refractivity contribution in [2.75, 3.05) is 11.9 Å². The van der Waals surface area contributed by atoms with Crippen molar-refractivity contribution in [2.45, 2.75) is 50.1 Å². The molecule has 2 aliphatic rings. The summed E-state index contributed by atoms with van der Waals surface area (Å²) in [5.74, 6) is 3.04. The van der Waals surface area contributed by atoms with Crippen LogP contribution in [0.5, 0.6) is 0 Å². The lowest BCUT2D eigenvalue weighted by Crippen LogP contribution is -2.35. The van der Waals surface area contributed by atoms with Crippen LogP contribution in [-0.2, 0) is 6.54 Å². The molecule has 2 saturated carbocycles. The van der Waals surface area contributed by atoms with Crippen molar-refractivity contribution < 1.29 is 0 Å². The van der Waals surface area contributed by atoms with Gasteiger partial charge in [0, 0.05) is 48.3 Å². The van der Waals surface area contributed by atoms with E-state index in [1.54, 1.807) is 0 Å². The first-order valence-electron chi connectivity index (χ1n) is 8.69. The Balaban J connectivity index is 0.00000121. The van der Waals surface area contributed by atoms with E-state index < -0.39 is 0 Å². The van der Waals surface area contributed by atoms with Gasteiger partial charge in [-0.3, -0.25) is 0 Å². The summed E-state index contributed by atoms with van der Waals surface area (Å²) in [7, 11) is 2.07. The topological polar surface area (TPSA) is 55.0 Å². The van der Waals surface area contributed by atoms with Crippen LogP contribution in [0.15, 0.2) is 30.3 Å². The average Bonchev–Trinajstić information content (AvgIpc) is 3.38. The summed E-state index contributed by atoms with van der Waals surface area (Å²) in [6.07, 6.45) is 4.49. The molecule has 142 valence electrons. The quantitative estimate of drug-likeness (QED) is 0.769. The monoisotopic (exact) mass is 414 g/mol. The van der Waals surface area contributed by atoms with Crippen molar-refractivity contribution in [3.63, 3.8) is 0 Å². The first-order chi connectivity index (χ1) is 11.6. The zero-order valence-electron chi connectivity index (χ0n) is 14.8. The van der Waals surface area contributed by atoms with Crippen molar-refractivity contribution in [3.05, 3.63) is 52.4 Å². The number of halogens is 3. The molecule has 2 N–H and O–H groups in total. The summed E-state index contributed by atoms with van der Waals surface area (Å²) in [5.41, 5.74) is 8.24. The van der Waals surface area contributed by atoms with Gasteiger partial charge in [-0.15, -0.1) is 24.8 Å². The van der Waals surface area contributed by atoms with E-state index in [4.69, 9.17) is 27.3 Å². The molecule has 1 aromatic carbocycles. The first-order valence-corrected chi connectivity index (χ1v) is 9.07. The molecule has 7 heteroatoms. The van der Waals surface area contributed by atoms with Gasteiger partial charge in [-0.1, -0.05) is 29.8 Å². The highest BCUT2D eigenvalue weighted by Gasteiger charge is 2.32. The van der Waals surface area contributed by atoms with Gasteiger partial charge in [0.15, 0.2) is 0 Å². The van der Waals surface area contributed by atoms with Gasteiger partial charge in [0.2, 0.25) is 0 Å². The highest BCUT2D eigenvalue weighted by Crippen LogP contribution is 2.41. The number of nitrogens with zero attached hydrogens (tertiary/aromatic N) is 3. The number of benzene rings is 1. The molecule has 4 rings (SSSR count). The normalized spacial score (nSPS) is 21.2. The molecular weight excluding hydrogens is 391 g/mol. The van der Waals surface area contributed by atoms with Crippen molar-refractivity contribution in [1.82, 2.24) is 9.97 Å². The van der Waals surface area contributed by atoms with Crippen LogP contribution in [-0.4, -0.2) is 23.1 Å². The average molecular weight is 416 g/mol. The fraction of sp³-hybridized carbons (Fsp3) is 0.474. The molecule has 0 amide bonds. The minimum atomic E-state index is 0. The molecule has 2 fully saturated rings. The Kier molecular flexibility index (Phi) is 7.14. The summed E-state index contributed by atoms with van der Waals surface area (Å²) in [4.78, 5) is 11.8. The summed E-state index contributed by atoms with van der Waals surface area (Å²) in [6.45, 7) is 0.740. The first kappa shape index (κ1) is 21.2. The maximum absolute atomic E-state index is 6.30. The molecule has 2 aliphatic carbocycles. The molecule has 0 radical (unpaired) electrons. The second kappa shape index (κ2) is 8.75. The van der Waals surface area contributed by atoms with Crippen molar-refractivity contribution >= 4 is 42.2 Å². The van der Waals surface area contributed by atoms with Gasteiger partial charge in [-0.25, -0.2) is 9.97 Å². The van der Waals surface area contributed by atoms with E-state index in [0.717, 1.165) is 47.3 Å². The molecule has 0 unspecified atom stereocenters. The molecule has 0 saturated heterocycles. The predicted molar refractivity (Wildman–Crippen MR) is 112 cm³/mol. The smallest absolute Gasteiger partial charge is 0.134 e. The van der Waals surface area contributed by atoms with Crippen LogP contribution in [0, 0.1) is 0 Å². The number of nitrogens with two attached hydrogens (primary N) is 1. The zero-order valence-corrected chi connectivity index (χ0v) is 17.2. The number of hydrogen-bond acceptors (Lipinski definition) is 4. The van der Waals surface area contributed by atoms with Crippen LogP contribution in [0.1, 0.15) is 54.6 Å². The molecule has 26 heavy (non-hydrogen) atoms. The molecule has 4 nitrogen and oxygen atoms in total. The molecule has 1 aromatic heterocycles. The Morgan fingerprint density at radius 2 is 1.81 bits per heavy atom. The zero-order chi connectivity index (χ0) is 16.7. The fourth-order valence-corrected chi connectivity index (χ4v) is 3.46. The van der Waals surface area contributed by atoms with Crippen molar-refractivity contribution in [2.24, 2.45) is 5.73 Å². The second-order valence-electron chi connectivity index (χ2n) is 7.16. The lowest BCUT2D eigenvalue weighted by atomic mass is 9.78. The van der Waals surface area contributed by atoms with Gasteiger partial charge < -0.3 is 10.6 Å². The van der Waals surface area contributed by atoms with Gasteiger partial charge in [0.05, 0.1) is 0 Å². The maximum atomic E-state index is 6.30. The van der Waals surface area contributed by atoms with Crippen LogP contribution in [0.25, 0.3) is 0 Å². The summed E-state index contributed by atoms with van der Waals surface area (Å²) >= 11 is 6.30. The van der Waals surface area contributed by atoms with Crippen molar-refractivity contribution in [1.29, 1.82) is 0 Å². The third-order valence-corrected chi connectivity index (χ3v) is 5.41. The predicted octanol–water partition coefficient (Wildman–Crippen LogP) is 4.69. The summed E-state index contributed by atoms with van der Waals surface area (Å²) in [6, 6.07) is 10.4. The fourth-order valence-electron chi connectivity index (χ4n) is 3.27. The number of aromatic nitrogens is 2. The van der Waals surface area contributed by atoms with Crippen LogP contribution in [0.2, 0.25) is 5.02 Å². The summed E-state index contributed by atoms with van der Waals surface area (Å²) in [5, 5.41) is 0.797. The minimum absolute atomic E-state index is 0. The van der Waals surface area contributed by atoms with Crippen LogP contribution >= 0.6 is 36.4 Å². The molecule has 1 heterocycles. The van der Waals surface area contributed by atoms with Gasteiger partial charge in [0.1, 0.15) is 11.6 Å². The summed E-state index contributed by atoms with van der Waals surface area (Å²) < 4.78 is 0. The standard InChI is InChI=1S/C19H23ClN4.2ClH/c1-24(11-13-4-2-3-5-16(13)20)18-10-17(14-8-15(21)9-14)22-19(23-18)12-6-7-12;;/h2-5,10,12,14-15H,6-9,11,21H2,1H3;2*1H. The lowest BCUT2D eigenvalue weighted by molar-refractivity contribution is 0.344. The Hall–Kier alpha value is -1.07. The Bertz CT molecular complexity index is 745. The number of hydrogen-bond donors (Lipinski definition) is 1. The highest BCUT2D eigenvalue weighted by atomic mass is 35.5. The minimum Gasteiger partial charge on any atom is -0.355 e. The van der Waals surface area contributed by atoms with Crippen LogP contribution in [0.3, 0.4) is 0 Å². The van der Waals surface area contributed by atoms with Gasteiger partial charge in [0.25, 0.3) is 0 Å². The number of rotatable bonds is 5. The van der Waals surface area contributed by atoms with Gasteiger partial charge in [-0.05, 0) is 37.3 Å². The van der Waals surface area contributed by atoms with E-state index in [0.29, 0.717) is 17.9 Å². The van der Waals surface area contributed by atoms with Gasteiger partial charge >= 0.3 is 0 Å². The van der Waals surface area contributed by atoms with E-state index in [9.17, 15) is 0 Å². The van der Waals surface area contributed by atoms with Crippen molar-refractivity contribution in [3.8, 4) is 0 Å². The SMILES string of the molecule is CN(Cc1ccccc1Cl)c1cc(C2CC(N)C2)nc(C2CC2)n1.Cl.Cl. The van der Waals surface area contributed by atoms with E-state index >= 15 is 0 Å². The van der Waals surface area contributed by atoms with Gasteiger partial charge in [-0.2, -0.15) is 0 Å². The second-order valence-corrected chi connectivity index (χ2v) is 7.57.